The van der Waals surface area contributed by atoms with Gasteiger partial charge < -0.3 is 10.1 Å². The molecule has 0 fully saturated rings. The number of hydrogen-bond donors (Lipinski definition) is 2. The van der Waals surface area contributed by atoms with E-state index in [0.29, 0.717) is 23.9 Å². The maximum absolute atomic E-state index is 12.8. The topological polar surface area (TPSA) is 80.3 Å². The van der Waals surface area contributed by atoms with Gasteiger partial charge in [0.1, 0.15) is 6.61 Å². The number of halogens is 2. The molecule has 1 aromatic carbocycles. The van der Waals surface area contributed by atoms with Gasteiger partial charge in [-0.1, -0.05) is 26.0 Å². The summed E-state index contributed by atoms with van der Waals surface area (Å²) < 4.78 is 46.1. The zero-order valence-corrected chi connectivity index (χ0v) is 18.6. The number of hydrogen-bond acceptors (Lipinski definition) is 5. The molecule has 29 heavy (non-hydrogen) atoms. The molecule has 0 aliphatic rings. The molecule has 0 bridgehead atoms. The summed E-state index contributed by atoms with van der Waals surface area (Å²) in [7, 11) is -3.76. The van der Waals surface area contributed by atoms with Crippen molar-refractivity contribution in [3.8, 4) is 5.88 Å². The van der Waals surface area contributed by atoms with Crippen LogP contribution in [0.15, 0.2) is 41.3 Å². The summed E-state index contributed by atoms with van der Waals surface area (Å²) in [6.07, 6.45) is 1.06. The Balaban J connectivity index is 0.00000420. The fraction of sp³-hybridized carbons (Fsp3) is 0.450. The van der Waals surface area contributed by atoms with Gasteiger partial charge in [-0.3, -0.25) is 9.11 Å². The number of sulfonamides is 1. The lowest BCUT2D eigenvalue weighted by molar-refractivity contribution is 0.302. The third-order valence-corrected chi connectivity index (χ3v) is 5.63. The normalized spacial score (nSPS) is 12.1. The summed E-state index contributed by atoms with van der Waals surface area (Å²) >= 11 is 0. The molecule has 9 heteroatoms. The van der Waals surface area contributed by atoms with Gasteiger partial charge in [0.25, 0.3) is 10.0 Å². The van der Waals surface area contributed by atoms with Gasteiger partial charge in [-0.2, -0.15) is 0 Å². The van der Waals surface area contributed by atoms with E-state index < -0.39 is 16.7 Å². The standard InChI is InChI=1S/C20H28FN3O3S.ClH/c1-4-11-22-12-13-27-20-10-9-19(16(3)23-20)24-28(25,26)18-7-5-17(6-8-18)15(2)14-21;/h5-10,15,22,24H,4,11-14H2,1-3H3;1H/t15-;/m1./s1. The predicted octanol–water partition coefficient (Wildman–Crippen LogP) is 4.06. The van der Waals surface area contributed by atoms with E-state index >= 15 is 0 Å². The van der Waals surface area contributed by atoms with Crippen molar-refractivity contribution in [2.24, 2.45) is 0 Å². The molecule has 2 N–H and O–H groups in total. The number of ether oxygens (including phenoxy) is 1. The predicted molar refractivity (Wildman–Crippen MR) is 117 cm³/mol. The first-order valence-electron chi connectivity index (χ1n) is 9.37. The van der Waals surface area contributed by atoms with Crippen LogP contribution < -0.4 is 14.8 Å². The third kappa shape index (κ3) is 7.45. The summed E-state index contributed by atoms with van der Waals surface area (Å²) in [6.45, 7) is 7.22. The Morgan fingerprint density at radius 2 is 1.83 bits per heavy atom. The summed E-state index contributed by atoms with van der Waals surface area (Å²) in [4.78, 5) is 4.41. The van der Waals surface area contributed by atoms with Gasteiger partial charge in [0.2, 0.25) is 5.88 Å². The number of nitrogens with one attached hydrogen (secondary N) is 2. The Morgan fingerprint density at radius 1 is 1.14 bits per heavy atom. The fourth-order valence-corrected chi connectivity index (χ4v) is 3.64. The van der Waals surface area contributed by atoms with Gasteiger partial charge in [-0.15, -0.1) is 12.4 Å². The molecular weight excluding hydrogens is 417 g/mol. The van der Waals surface area contributed by atoms with Crippen LogP contribution in [0, 0.1) is 6.92 Å². The monoisotopic (exact) mass is 445 g/mol. The van der Waals surface area contributed by atoms with Gasteiger partial charge in [0, 0.05) is 18.5 Å². The van der Waals surface area contributed by atoms with E-state index in [1.165, 1.54) is 12.1 Å². The molecule has 2 aromatic rings. The minimum atomic E-state index is -3.76. The zero-order chi connectivity index (χ0) is 20.6. The molecule has 162 valence electrons. The SMILES string of the molecule is CCCNCCOc1ccc(NS(=O)(=O)c2ccc([C@H](C)CF)cc2)c(C)n1.Cl. The quantitative estimate of drug-likeness (QED) is 0.510. The molecule has 0 saturated heterocycles. The van der Waals surface area contributed by atoms with Crippen LogP contribution in [-0.4, -0.2) is 39.8 Å². The number of benzene rings is 1. The first-order chi connectivity index (χ1) is 13.4. The maximum Gasteiger partial charge on any atom is 0.261 e. The Morgan fingerprint density at radius 3 is 2.41 bits per heavy atom. The Labute approximate surface area is 178 Å². The van der Waals surface area contributed by atoms with Crippen molar-refractivity contribution in [1.29, 1.82) is 0 Å². The van der Waals surface area contributed by atoms with Crippen LogP contribution >= 0.6 is 12.4 Å². The Kier molecular flexibility index (Phi) is 10.4. The van der Waals surface area contributed by atoms with Crippen molar-refractivity contribution in [1.82, 2.24) is 10.3 Å². The average Bonchev–Trinajstić information content (AvgIpc) is 2.69. The lowest BCUT2D eigenvalue weighted by atomic mass is 10.0. The molecule has 2 rings (SSSR count). The van der Waals surface area contributed by atoms with Crippen LogP contribution in [0.2, 0.25) is 0 Å². The van der Waals surface area contributed by atoms with E-state index in [1.54, 1.807) is 38.1 Å². The average molecular weight is 446 g/mol. The Bertz CT molecular complexity index is 864. The molecule has 0 radical (unpaired) electrons. The van der Waals surface area contributed by atoms with E-state index in [-0.39, 0.29) is 23.2 Å². The van der Waals surface area contributed by atoms with Crippen molar-refractivity contribution in [3.63, 3.8) is 0 Å². The number of aromatic nitrogens is 1. The Hall–Kier alpha value is -1.90. The first-order valence-corrected chi connectivity index (χ1v) is 10.9. The maximum atomic E-state index is 12.8. The number of nitrogens with zero attached hydrogens (tertiary/aromatic N) is 1. The molecule has 0 aliphatic carbocycles. The summed E-state index contributed by atoms with van der Waals surface area (Å²) in [5.41, 5.74) is 1.66. The second-order valence-electron chi connectivity index (χ2n) is 6.61. The number of rotatable bonds is 11. The molecule has 1 aromatic heterocycles. The smallest absolute Gasteiger partial charge is 0.261 e. The van der Waals surface area contributed by atoms with Crippen molar-refractivity contribution in [2.75, 3.05) is 31.1 Å². The number of aryl methyl sites for hydroxylation is 1. The number of alkyl halides is 1. The molecular formula is C20H29ClFN3O3S. The van der Waals surface area contributed by atoms with Gasteiger partial charge >= 0.3 is 0 Å². The molecule has 1 heterocycles. The van der Waals surface area contributed by atoms with Crippen LogP contribution in [0.4, 0.5) is 10.1 Å². The van der Waals surface area contributed by atoms with Crippen molar-refractivity contribution < 1.29 is 17.5 Å². The zero-order valence-electron chi connectivity index (χ0n) is 16.9. The van der Waals surface area contributed by atoms with Crippen LogP contribution in [0.3, 0.4) is 0 Å². The van der Waals surface area contributed by atoms with E-state index in [0.717, 1.165) is 25.1 Å². The first kappa shape index (κ1) is 25.1. The second-order valence-corrected chi connectivity index (χ2v) is 8.29. The fourth-order valence-electron chi connectivity index (χ4n) is 2.52. The van der Waals surface area contributed by atoms with Gasteiger partial charge in [-0.05, 0) is 43.7 Å². The van der Waals surface area contributed by atoms with Crippen LogP contribution in [0.1, 0.15) is 37.4 Å². The van der Waals surface area contributed by atoms with Crippen molar-refractivity contribution >= 4 is 28.1 Å². The van der Waals surface area contributed by atoms with E-state index in [4.69, 9.17) is 4.74 Å². The third-order valence-electron chi connectivity index (χ3n) is 4.25. The van der Waals surface area contributed by atoms with Crippen molar-refractivity contribution in [2.45, 2.75) is 38.0 Å². The van der Waals surface area contributed by atoms with Crippen LogP contribution in [0.25, 0.3) is 0 Å². The number of pyridine rings is 1. The molecule has 0 aliphatic heterocycles. The van der Waals surface area contributed by atoms with Crippen LogP contribution in [-0.2, 0) is 10.0 Å². The van der Waals surface area contributed by atoms with E-state index in [9.17, 15) is 12.8 Å². The largest absolute Gasteiger partial charge is 0.476 e. The lowest BCUT2D eigenvalue weighted by Gasteiger charge is -2.13. The summed E-state index contributed by atoms with van der Waals surface area (Å²) in [5, 5.41) is 3.23. The molecule has 0 amide bonds. The molecule has 0 spiro atoms. The van der Waals surface area contributed by atoms with E-state index in [2.05, 4.69) is 21.9 Å². The number of anilines is 1. The highest BCUT2D eigenvalue weighted by Gasteiger charge is 2.17. The molecule has 1 atom stereocenters. The van der Waals surface area contributed by atoms with Crippen molar-refractivity contribution in [3.05, 3.63) is 47.7 Å². The highest BCUT2D eigenvalue weighted by Crippen LogP contribution is 2.23. The molecule has 0 unspecified atom stereocenters. The summed E-state index contributed by atoms with van der Waals surface area (Å²) in [5.74, 6) is 0.184. The summed E-state index contributed by atoms with van der Waals surface area (Å²) in [6, 6.07) is 9.49. The highest BCUT2D eigenvalue weighted by atomic mass is 35.5. The minimum absolute atomic E-state index is 0. The van der Waals surface area contributed by atoms with Crippen LogP contribution in [0.5, 0.6) is 5.88 Å². The highest BCUT2D eigenvalue weighted by molar-refractivity contribution is 7.92. The van der Waals surface area contributed by atoms with Gasteiger partial charge in [0.15, 0.2) is 0 Å². The minimum Gasteiger partial charge on any atom is -0.476 e. The molecule has 6 nitrogen and oxygen atoms in total. The van der Waals surface area contributed by atoms with E-state index in [1.807, 2.05) is 0 Å². The molecule has 0 saturated carbocycles. The van der Waals surface area contributed by atoms with Gasteiger partial charge in [-0.25, -0.2) is 13.4 Å². The lowest BCUT2D eigenvalue weighted by Crippen LogP contribution is -2.21. The second kappa shape index (κ2) is 11.9. The van der Waals surface area contributed by atoms with Gasteiger partial charge in [0.05, 0.1) is 23.0 Å².